The molecule has 0 aromatic rings. The highest BCUT2D eigenvalue weighted by Gasteiger charge is 2.21. The van der Waals surface area contributed by atoms with Crippen LogP contribution in [0.2, 0.25) is 0 Å². The molecule has 0 rings (SSSR count). The highest BCUT2D eigenvalue weighted by atomic mass is 16.4. The number of allylic oxidation sites excluding steroid dienone is 1. The second-order valence-corrected chi connectivity index (χ2v) is 4.19. The highest BCUT2D eigenvalue weighted by molar-refractivity contribution is 5.92. The van der Waals surface area contributed by atoms with Crippen molar-refractivity contribution in [3.05, 3.63) is 11.6 Å². The summed E-state index contributed by atoms with van der Waals surface area (Å²) in [5.41, 5.74) is 0.635. The maximum Gasteiger partial charge on any atom is 0.308 e. The molecule has 0 heterocycles. The fourth-order valence-electron chi connectivity index (χ4n) is 1.35. The number of nitrogens with one attached hydrogen (secondary N) is 1. The minimum Gasteiger partial charge on any atom is -0.481 e. The average Bonchev–Trinajstić information content (AvgIpc) is 2.16. The van der Waals surface area contributed by atoms with Gasteiger partial charge in [-0.2, -0.15) is 0 Å². The third kappa shape index (κ3) is 4.96. The molecule has 0 aliphatic carbocycles. The number of carboxylic acid groups (broad SMARTS) is 1. The van der Waals surface area contributed by atoms with E-state index in [-0.39, 0.29) is 18.4 Å². The van der Waals surface area contributed by atoms with Gasteiger partial charge < -0.3 is 10.4 Å². The standard InChI is InChI=1S/C12H21NO3/c1-5-6-9(4)11(14)13-7-10(8(2)3)12(15)16/h6,8,10H,5,7H2,1-4H3,(H,13,14)(H,15,16). The molecular formula is C12H21NO3. The molecule has 4 heteroatoms. The number of aliphatic carboxylic acids is 1. The Hall–Kier alpha value is -1.32. The molecule has 0 aliphatic heterocycles. The van der Waals surface area contributed by atoms with Crippen molar-refractivity contribution in [1.29, 1.82) is 0 Å². The van der Waals surface area contributed by atoms with Crippen molar-refractivity contribution in [3.8, 4) is 0 Å². The maximum absolute atomic E-state index is 11.5. The molecule has 1 unspecified atom stereocenters. The largest absolute Gasteiger partial charge is 0.481 e. The van der Waals surface area contributed by atoms with Crippen LogP contribution in [0.1, 0.15) is 34.1 Å². The van der Waals surface area contributed by atoms with Crippen LogP contribution in [0.5, 0.6) is 0 Å². The van der Waals surface area contributed by atoms with Crippen molar-refractivity contribution in [2.45, 2.75) is 34.1 Å². The Kier molecular flexibility index (Phi) is 6.46. The lowest BCUT2D eigenvalue weighted by Crippen LogP contribution is -2.35. The Morgan fingerprint density at radius 3 is 2.31 bits per heavy atom. The van der Waals surface area contributed by atoms with Crippen molar-refractivity contribution >= 4 is 11.9 Å². The Morgan fingerprint density at radius 1 is 1.38 bits per heavy atom. The molecular weight excluding hydrogens is 206 g/mol. The van der Waals surface area contributed by atoms with Gasteiger partial charge in [0, 0.05) is 12.1 Å². The van der Waals surface area contributed by atoms with Gasteiger partial charge in [0.2, 0.25) is 5.91 Å². The molecule has 16 heavy (non-hydrogen) atoms. The number of carbonyl (C=O) groups is 2. The predicted molar refractivity (Wildman–Crippen MR) is 63.0 cm³/mol. The molecule has 0 fully saturated rings. The molecule has 0 bridgehead atoms. The summed E-state index contributed by atoms with van der Waals surface area (Å²) in [4.78, 5) is 22.4. The lowest BCUT2D eigenvalue weighted by atomic mass is 9.96. The van der Waals surface area contributed by atoms with Crippen molar-refractivity contribution in [1.82, 2.24) is 5.32 Å². The number of hydrogen-bond donors (Lipinski definition) is 2. The van der Waals surface area contributed by atoms with Crippen LogP contribution >= 0.6 is 0 Å². The average molecular weight is 227 g/mol. The van der Waals surface area contributed by atoms with E-state index in [9.17, 15) is 9.59 Å². The Balaban J connectivity index is 4.27. The topological polar surface area (TPSA) is 66.4 Å². The van der Waals surface area contributed by atoms with Gasteiger partial charge in [-0.3, -0.25) is 9.59 Å². The van der Waals surface area contributed by atoms with Crippen LogP contribution in [0.3, 0.4) is 0 Å². The summed E-state index contributed by atoms with van der Waals surface area (Å²) in [6, 6.07) is 0. The summed E-state index contributed by atoms with van der Waals surface area (Å²) >= 11 is 0. The van der Waals surface area contributed by atoms with E-state index in [1.165, 1.54) is 0 Å². The molecule has 0 spiro atoms. The Labute approximate surface area is 96.7 Å². The van der Waals surface area contributed by atoms with Crippen LogP contribution in [0.4, 0.5) is 0 Å². The van der Waals surface area contributed by atoms with Gasteiger partial charge in [0.15, 0.2) is 0 Å². The van der Waals surface area contributed by atoms with E-state index < -0.39 is 11.9 Å². The molecule has 0 radical (unpaired) electrons. The van der Waals surface area contributed by atoms with Crippen molar-refractivity contribution in [2.75, 3.05) is 6.54 Å². The monoisotopic (exact) mass is 227 g/mol. The first-order valence-corrected chi connectivity index (χ1v) is 5.57. The second kappa shape index (κ2) is 7.04. The number of carboxylic acids is 1. The van der Waals surface area contributed by atoms with Gasteiger partial charge >= 0.3 is 5.97 Å². The zero-order valence-electron chi connectivity index (χ0n) is 10.4. The van der Waals surface area contributed by atoms with Gasteiger partial charge in [0.1, 0.15) is 0 Å². The van der Waals surface area contributed by atoms with E-state index in [1.807, 2.05) is 26.8 Å². The second-order valence-electron chi connectivity index (χ2n) is 4.19. The van der Waals surface area contributed by atoms with Gasteiger partial charge in [-0.05, 0) is 19.3 Å². The number of amides is 1. The quantitative estimate of drug-likeness (QED) is 0.680. The van der Waals surface area contributed by atoms with E-state index >= 15 is 0 Å². The molecule has 1 amide bonds. The SMILES string of the molecule is CCC=C(C)C(=O)NCC(C(=O)O)C(C)C. The van der Waals surface area contributed by atoms with Crippen LogP contribution in [-0.2, 0) is 9.59 Å². The molecule has 0 aromatic heterocycles. The van der Waals surface area contributed by atoms with Crippen LogP contribution in [0, 0.1) is 11.8 Å². The molecule has 2 N–H and O–H groups in total. The highest BCUT2D eigenvalue weighted by Crippen LogP contribution is 2.10. The molecule has 0 aromatic carbocycles. The fraction of sp³-hybridized carbons (Fsp3) is 0.667. The first kappa shape index (κ1) is 14.7. The van der Waals surface area contributed by atoms with E-state index in [4.69, 9.17) is 5.11 Å². The van der Waals surface area contributed by atoms with Crippen molar-refractivity contribution in [2.24, 2.45) is 11.8 Å². The third-order valence-corrected chi connectivity index (χ3v) is 2.47. The third-order valence-electron chi connectivity index (χ3n) is 2.47. The number of carbonyl (C=O) groups excluding carboxylic acids is 1. The zero-order valence-corrected chi connectivity index (χ0v) is 10.4. The summed E-state index contributed by atoms with van der Waals surface area (Å²) in [6.07, 6.45) is 2.62. The lowest BCUT2D eigenvalue weighted by Gasteiger charge is -2.16. The molecule has 92 valence electrons. The minimum absolute atomic E-state index is 0.00765. The van der Waals surface area contributed by atoms with Gasteiger partial charge in [0.25, 0.3) is 0 Å². The van der Waals surface area contributed by atoms with Gasteiger partial charge in [-0.1, -0.05) is 26.8 Å². The smallest absolute Gasteiger partial charge is 0.308 e. The van der Waals surface area contributed by atoms with Gasteiger partial charge in [-0.15, -0.1) is 0 Å². The fourth-order valence-corrected chi connectivity index (χ4v) is 1.35. The normalized spacial score (nSPS) is 13.7. The summed E-state index contributed by atoms with van der Waals surface area (Å²) < 4.78 is 0. The molecule has 0 saturated carbocycles. The lowest BCUT2D eigenvalue weighted by molar-refractivity contribution is -0.143. The van der Waals surface area contributed by atoms with Crippen LogP contribution in [-0.4, -0.2) is 23.5 Å². The van der Waals surface area contributed by atoms with Crippen LogP contribution in [0.25, 0.3) is 0 Å². The van der Waals surface area contributed by atoms with E-state index in [2.05, 4.69) is 5.32 Å². The van der Waals surface area contributed by atoms with Crippen molar-refractivity contribution in [3.63, 3.8) is 0 Å². The zero-order chi connectivity index (χ0) is 12.7. The van der Waals surface area contributed by atoms with E-state index in [0.29, 0.717) is 5.57 Å². The number of rotatable bonds is 6. The molecule has 0 saturated heterocycles. The molecule has 1 atom stereocenters. The first-order valence-electron chi connectivity index (χ1n) is 5.57. The van der Waals surface area contributed by atoms with Gasteiger partial charge in [0.05, 0.1) is 5.92 Å². The maximum atomic E-state index is 11.5. The summed E-state index contributed by atoms with van der Waals surface area (Å²) in [5, 5.41) is 11.6. The molecule has 4 nitrogen and oxygen atoms in total. The summed E-state index contributed by atoms with van der Waals surface area (Å²) in [5.74, 6) is -1.58. The van der Waals surface area contributed by atoms with Crippen LogP contribution < -0.4 is 5.32 Å². The van der Waals surface area contributed by atoms with E-state index in [0.717, 1.165) is 6.42 Å². The number of hydrogen-bond acceptors (Lipinski definition) is 2. The summed E-state index contributed by atoms with van der Waals surface area (Å²) in [7, 11) is 0. The van der Waals surface area contributed by atoms with Gasteiger partial charge in [-0.25, -0.2) is 0 Å². The van der Waals surface area contributed by atoms with Crippen molar-refractivity contribution < 1.29 is 14.7 Å². The minimum atomic E-state index is -0.868. The Morgan fingerprint density at radius 2 is 1.94 bits per heavy atom. The predicted octanol–water partition coefficient (Wildman–Crippen LogP) is 1.82. The molecule has 0 aliphatic rings. The van der Waals surface area contributed by atoms with E-state index in [1.54, 1.807) is 6.92 Å². The first-order chi connectivity index (χ1) is 7.40. The Bertz CT molecular complexity index is 282. The summed E-state index contributed by atoms with van der Waals surface area (Å²) in [6.45, 7) is 7.52. The van der Waals surface area contributed by atoms with Crippen LogP contribution in [0.15, 0.2) is 11.6 Å².